The van der Waals surface area contributed by atoms with Crippen molar-refractivity contribution in [3.63, 3.8) is 0 Å². The van der Waals surface area contributed by atoms with E-state index in [4.69, 9.17) is 0 Å². The number of nitrogens with one attached hydrogen (secondary N) is 2. The number of amides is 2. The van der Waals surface area contributed by atoms with Gasteiger partial charge in [-0.15, -0.1) is 10.2 Å². The second-order valence-electron chi connectivity index (χ2n) is 6.33. The molecule has 7 heteroatoms. The molecular formula is C16H29N5O2. The van der Waals surface area contributed by atoms with Crippen LogP contribution in [0.1, 0.15) is 51.2 Å². The lowest BCUT2D eigenvalue weighted by Crippen LogP contribution is -2.42. The molecule has 2 heterocycles. The number of hydrogen-bond donors (Lipinski definition) is 3. The molecule has 0 saturated heterocycles. The normalized spacial score (nSPS) is 17.0. The van der Waals surface area contributed by atoms with E-state index in [-0.39, 0.29) is 18.5 Å². The highest BCUT2D eigenvalue weighted by molar-refractivity contribution is 5.73. The standard InChI is InChI=1S/C16H29N5O2/c1-3-12(2)13(22)11-18-16(23)17-9-8-15-20-19-14-7-5-4-6-10-21(14)15/h12-13,22H,3-11H2,1-2H3,(H2,17,18,23). The molecule has 1 aromatic heterocycles. The first kappa shape index (κ1) is 17.7. The van der Waals surface area contributed by atoms with Crippen molar-refractivity contribution in [3.8, 4) is 0 Å². The van der Waals surface area contributed by atoms with Gasteiger partial charge in [0.05, 0.1) is 6.10 Å². The maximum Gasteiger partial charge on any atom is 0.314 e. The van der Waals surface area contributed by atoms with Crippen molar-refractivity contribution >= 4 is 6.03 Å². The Morgan fingerprint density at radius 1 is 1.30 bits per heavy atom. The Labute approximate surface area is 137 Å². The van der Waals surface area contributed by atoms with Gasteiger partial charge in [0.25, 0.3) is 0 Å². The smallest absolute Gasteiger partial charge is 0.314 e. The van der Waals surface area contributed by atoms with Crippen LogP contribution in [0.5, 0.6) is 0 Å². The molecule has 1 aromatic rings. The van der Waals surface area contributed by atoms with Gasteiger partial charge in [-0.1, -0.05) is 26.7 Å². The van der Waals surface area contributed by atoms with Gasteiger partial charge in [-0.3, -0.25) is 0 Å². The van der Waals surface area contributed by atoms with E-state index in [0.717, 1.165) is 31.0 Å². The number of nitrogens with zero attached hydrogens (tertiary/aromatic N) is 3. The van der Waals surface area contributed by atoms with Crippen LogP contribution in [0.15, 0.2) is 0 Å². The molecule has 3 N–H and O–H groups in total. The minimum Gasteiger partial charge on any atom is -0.391 e. The number of aliphatic hydroxyl groups is 1. The first-order chi connectivity index (χ1) is 11.1. The maximum atomic E-state index is 11.8. The van der Waals surface area contributed by atoms with Crippen LogP contribution < -0.4 is 10.6 Å². The Morgan fingerprint density at radius 3 is 2.91 bits per heavy atom. The monoisotopic (exact) mass is 323 g/mol. The van der Waals surface area contributed by atoms with Crippen molar-refractivity contribution in [2.45, 2.75) is 65.0 Å². The summed E-state index contributed by atoms with van der Waals surface area (Å²) in [6, 6.07) is -0.247. The van der Waals surface area contributed by atoms with Gasteiger partial charge in [0.2, 0.25) is 0 Å². The number of aliphatic hydroxyl groups excluding tert-OH is 1. The molecule has 0 radical (unpaired) electrons. The fourth-order valence-electron chi connectivity index (χ4n) is 2.75. The van der Waals surface area contributed by atoms with Crippen LogP contribution in [0.2, 0.25) is 0 Å². The van der Waals surface area contributed by atoms with E-state index in [0.29, 0.717) is 13.0 Å². The molecule has 2 rings (SSSR count). The molecule has 2 atom stereocenters. The third-order valence-electron chi connectivity index (χ3n) is 4.59. The van der Waals surface area contributed by atoms with Gasteiger partial charge in [0.1, 0.15) is 11.6 Å². The molecule has 7 nitrogen and oxygen atoms in total. The summed E-state index contributed by atoms with van der Waals surface area (Å²) in [5.41, 5.74) is 0. The number of rotatable bonds is 7. The van der Waals surface area contributed by atoms with Crippen molar-refractivity contribution < 1.29 is 9.90 Å². The summed E-state index contributed by atoms with van der Waals surface area (Å²) >= 11 is 0. The van der Waals surface area contributed by atoms with E-state index in [1.807, 2.05) is 13.8 Å². The Balaban J connectivity index is 1.71. The van der Waals surface area contributed by atoms with Crippen molar-refractivity contribution in [2.24, 2.45) is 5.92 Å². The Bertz CT molecular complexity index is 503. The van der Waals surface area contributed by atoms with Gasteiger partial charge in [-0.25, -0.2) is 4.79 Å². The topological polar surface area (TPSA) is 92.1 Å². The SMILES string of the molecule is CCC(C)C(O)CNC(=O)NCCc1nnc2n1CCCCC2. The molecule has 23 heavy (non-hydrogen) atoms. The van der Waals surface area contributed by atoms with E-state index in [2.05, 4.69) is 25.4 Å². The molecule has 2 unspecified atom stereocenters. The number of urea groups is 1. The Morgan fingerprint density at radius 2 is 2.13 bits per heavy atom. The number of hydrogen-bond acceptors (Lipinski definition) is 4. The highest BCUT2D eigenvalue weighted by Gasteiger charge is 2.15. The summed E-state index contributed by atoms with van der Waals surface area (Å²) < 4.78 is 2.19. The summed E-state index contributed by atoms with van der Waals surface area (Å²) in [7, 11) is 0. The van der Waals surface area contributed by atoms with Crippen LogP contribution in [-0.4, -0.2) is 45.1 Å². The molecule has 130 valence electrons. The fraction of sp³-hybridized carbons (Fsp3) is 0.812. The molecule has 0 spiro atoms. The second-order valence-corrected chi connectivity index (χ2v) is 6.33. The van der Waals surface area contributed by atoms with Gasteiger partial charge in [-0.05, 0) is 18.8 Å². The number of carbonyl (C=O) groups is 1. The lowest BCUT2D eigenvalue weighted by Gasteiger charge is -2.17. The third-order valence-corrected chi connectivity index (χ3v) is 4.59. The van der Waals surface area contributed by atoms with Gasteiger partial charge < -0.3 is 20.3 Å². The molecule has 2 amide bonds. The number of aryl methyl sites for hydroxylation is 1. The quantitative estimate of drug-likeness (QED) is 0.704. The van der Waals surface area contributed by atoms with E-state index in [1.54, 1.807) is 0 Å². The molecule has 0 aromatic carbocycles. The number of aromatic nitrogens is 3. The summed E-state index contributed by atoms with van der Waals surface area (Å²) in [5.74, 6) is 2.20. The third kappa shape index (κ3) is 5.20. The number of fused-ring (bicyclic) bond motifs is 1. The molecule has 0 saturated carbocycles. The predicted octanol–water partition coefficient (Wildman–Crippen LogP) is 1.25. The zero-order chi connectivity index (χ0) is 16.7. The van der Waals surface area contributed by atoms with Crippen LogP contribution in [0.4, 0.5) is 4.79 Å². The van der Waals surface area contributed by atoms with Gasteiger partial charge >= 0.3 is 6.03 Å². The largest absolute Gasteiger partial charge is 0.391 e. The molecule has 1 aliphatic rings. The van der Waals surface area contributed by atoms with E-state index >= 15 is 0 Å². The van der Waals surface area contributed by atoms with Crippen molar-refractivity contribution in [3.05, 3.63) is 11.6 Å². The first-order valence-corrected chi connectivity index (χ1v) is 8.72. The van der Waals surface area contributed by atoms with Crippen LogP contribution >= 0.6 is 0 Å². The lowest BCUT2D eigenvalue weighted by atomic mass is 10.0. The lowest BCUT2D eigenvalue weighted by molar-refractivity contribution is 0.114. The Kier molecular flexibility index (Phi) is 6.83. The van der Waals surface area contributed by atoms with Gasteiger partial charge in [0.15, 0.2) is 0 Å². The molecular weight excluding hydrogens is 294 g/mol. The zero-order valence-electron chi connectivity index (χ0n) is 14.2. The zero-order valence-corrected chi connectivity index (χ0v) is 14.2. The van der Waals surface area contributed by atoms with Crippen molar-refractivity contribution in [1.29, 1.82) is 0 Å². The molecule has 0 aliphatic carbocycles. The summed E-state index contributed by atoms with van der Waals surface area (Å²) in [4.78, 5) is 11.8. The molecule has 0 fully saturated rings. The average Bonchev–Trinajstić information content (AvgIpc) is 2.79. The molecule has 1 aliphatic heterocycles. The van der Waals surface area contributed by atoms with E-state index in [9.17, 15) is 9.90 Å². The maximum absolute atomic E-state index is 11.8. The van der Waals surface area contributed by atoms with E-state index < -0.39 is 6.10 Å². The van der Waals surface area contributed by atoms with Crippen LogP contribution in [0, 0.1) is 5.92 Å². The van der Waals surface area contributed by atoms with Crippen LogP contribution in [0.3, 0.4) is 0 Å². The highest BCUT2D eigenvalue weighted by atomic mass is 16.3. The Hall–Kier alpha value is -1.63. The van der Waals surface area contributed by atoms with Crippen LogP contribution in [0.25, 0.3) is 0 Å². The summed E-state index contributed by atoms with van der Waals surface area (Å²) in [6.07, 6.45) is 5.64. The highest BCUT2D eigenvalue weighted by Crippen LogP contribution is 2.14. The van der Waals surface area contributed by atoms with Gasteiger partial charge in [-0.2, -0.15) is 0 Å². The minimum absolute atomic E-state index is 0.182. The molecule has 0 bridgehead atoms. The average molecular weight is 323 g/mol. The van der Waals surface area contributed by atoms with Gasteiger partial charge in [0, 0.05) is 32.5 Å². The van der Waals surface area contributed by atoms with E-state index in [1.165, 1.54) is 19.3 Å². The minimum atomic E-state index is -0.502. The fourth-order valence-corrected chi connectivity index (χ4v) is 2.75. The summed E-state index contributed by atoms with van der Waals surface area (Å²) in [6.45, 7) is 5.77. The summed E-state index contributed by atoms with van der Waals surface area (Å²) in [5, 5.41) is 23.9. The van der Waals surface area contributed by atoms with Crippen molar-refractivity contribution in [1.82, 2.24) is 25.4 Å². The van der Waals surface area contributed by atoms with Crippen LogP contribution in [-0.2, 0) is 19.4 Å². The second kappa shape index (κ2) is 8.86. The first-order valence-electron chi connectivity index (χ1n) is 8.72. The predicted molar refractivity (Wildman–Crippen MR) is 88.1 cm³/mol. The van der Waals surface area contributed by atoms with Crippen molar-refractivity contribution in [2.75, 3.05) is 13.1 Å². The number of carbonyl (C=O) groups excluding carboxylic acids is 1.